The van der Waals surface area contributed by atoms with Crippen LogP contribution in [0.5, 0.6) is 0 Å². The third-order valence-corrected chi connectivity index (χ3v) is 13.3. The quantitative estimate of drug-likeness (QED) is 0.0272. The maximum absolute atomic E-state index is 13.0. The molecule has 0 aliphatic rings. The number of nitrogens with one attached hydrogen (secondary N) is 1. The van der Waals surface area contributed by atoms with E-state index in [2.05, 4.69) is 141 Å². The maximum atomic E-state index is 13.0. The summed E-state index contributed by atoms with van der Waals surface area (Å²) in [6.45, 7) is 4.47. The Kier molecular flexibility index (Phi) is 52.0. The number of quaternary nitrogens is 1. The fraction of sp³-hybridized carbons (Fsp3) is 0.646. The predicted molar refractivity (Wildman–Crippen MR) is 320 cm³/mol. The summed E-state index contributed by atoms with van der Waals surface area (Å²) in [6, 6.07) is -0.919. The van der Waals surface area contributed by atoms with Gasteiger partial charge in [0.25, 0.3) is 7.82 Å². The largest absolute Gasteiger partial charge is 0.756 e. The molecular formula is C65H111N2O6P. The van der Waals surface area contributed by atoms with Crippen molar-refractivity contribution in [3.63, 3.8) is 0 Å². The first-order chi connectivity index (χ1) is 36.0. The summed E-state index contributed by atoms with van der Waals surface area (Å²) in [4.78, 5) is 25.5. The molecule has 0 aromatic heterocycles. The zero-order valence-corrected chi connectivity index (χ0v) is 48.9. The van der Waals surface area contributed by atoms with Crippen molar-refractivity contribution in [1.82, 2.24) is 5.32 Å². The Bertz CT molecular complexity index is 1660. The molecule has 0 aliphatic carbocycles. The highest BCUT2D eigenvalue weighted by Gasteiger charge is 2.23. The van der Waals surface area contributed by atoms with E-state index in [9.17, 15) is 19.4 Å². The summed E-state index contributed by atoms with van der Waals surface area (Å²) in [7, 11) is 1.22. The number of likely N-dealkylation sites (N-methyl/N-ethyl adjacent to an activating group) is 1. The van der Waals surface area contributed by atoms with Crippen molar-refractivity contribution in [1.29, 1.82) is 0 Å². The van der Waals surface area contributed by atoms with Crippen molar-refractivity contribution in [3.8, 4) is 0 Å². The van der Waals surface area contributed by atoms with Gasteiger partial charge in [-0.1, -0.05) is 237 Å². The molecule has 3 unspecified atom stereocenters. The highest BCUT2D eigenvalue weighted by Crippen LogP contribution is 2.38. The van der Waals surface area contributed by atoms with Gasteiger partial charge in [-0.3, -0.25) is 9.36 Å². The van der Waals surface area contributed by atoms with Crippen LogP contribution in [0.1, 0.15) is 219 Å². The molecule has 0 fully saturated rings. The maximum Gasteiger partial charge on any atom is 0.268 e. The Morgan fingerprint density at radius 2 is 0.838 bits per heavy atom. The van der Waals surface area contributed by atoms with Gasteiger partial charge in [0.15, 0.2) is 0 Å². The van der Waals surface area contributed by atoms with Crippen LogP contribution in [-0.4, -0.2) is 68.5 Å². The van der Waals surface area contributed by atoms with E-state index in [-0.39, 0.29) is 12.5 Å². The molecule has 0 saturated heterocycles. The Hall–Kier alpha value is -3.36. The molecule has 0 aromatic carbocycles. The molecule has 9 heteroatoms. The molecule has 0 radical (unpaired) electrons. The number of phosphoric ester groups is 1. The van der Waals surface area contributed by atoms with E-state index in [1.54, 1.807) is 6.08 Å². The number of aliphatic hydroxyl groups excluding tert-OH is 1. The monoisotopic (exact) mass is 1050 g/mol. The number of carbonyl (C=O) groups excluding carboxylic acids is 1. The second-order valence-corrected chi connectivity index (χ2v) is 22.0. The highest BCUT2D eigenvalue weighted by molar-refractivity contribution is 7.45. The van der Waals surface area contributed by atoms with Gasteiger partial charge in [-0.15, -0.1) is 0 Å². The number of carbonyl (C=O) groups is 1. The molecule has 0 aliphatic heterocycles. The summed E-state index contributed by atoms with van der Waals surface area (Å²) in [5.41, 5.74) is 0. The van der Waals surface area contributed by atoms with E-state index in [1.165, 1.54) is 96.3 Å². The molecule has 0 bridgehead atoms. The van der Waals surface area contributed by atoms with Gasteiger partial charge in [0.1, 0.15) is 13.2 Å². The second-order valence-electron chi connectivity index (χ2n) is 20.6. The molecule has 0 rings (SSSR count). The molecule has 0 heterocycles. The third kappa shape index (κ3) is 56.4. The van der Waals surface area contributed by atoms with Crippen LogP contribution in [0.4, 0.5) is 0 Å². The summed E-state index contributed by atoms with van der Waals surface area (Å²) in [6.07, 6.45) is 82.5. The normalized spacial score (nSPS) is 14.9. The molecule has 1 amide bonds. The predicted octanol–water partition coefficient (Wildman–Crippen LogP) is 17.7. The van der Waals surface area contributed by atoms with Crippen LogP contribution in [0.25, 0.3) is 0 Å². The van der Waals surface area contributed by atoms with Crippen molar-refractivity contribution in [2.24, 2.45) is 0 Å². The minimum Gasteiger partial charge on any atom is -0.756 e. The number of unbranched alkanes of at least 4 members (excludes halogenated alkanes) is 19. The van der Waals surface area contributed by atoms with Crippen molar-refractivity contribution in [2.75, 3.05) is 40.9 Å². The van der Waals surface area contributed by atoms with Gasteiger partial charge in [0, 0.05) is 6.42 Å². The smallest absolute Gasteiger partial charge is 0.268 e. The highest BCUT2D eigenvalue weighted by atomic mass is 31.2. The minimum absolute atomic E-state index is 0.0154. The topological polar surface area (TPSA) is 108 Å². The van der Waals surface area contributed by atoms with E-state index in [4.69, 9.17) is 9.05 Å². The first-order valence-corrected chi connectivity index (χ1v) is 31.0. The average molecular weight is 1050 g/mol. The van der Waals surface area contributed by atoms with Crippen LogP contribution in [-0.2, 0) is 18.4 Å². The molecule has 2 N–H and O–H groups in total. The van der Waals surface area contributed by atoms with Crippen molar-refractivity contribution >= 4 is 13.7 Å². The Morgan fingerprint density at radius 3 is 1.26 bits per heavy atom. The van der Waals surface area contributed by atoms with E-state index < -0.39 is 26.6 Å². The number of hydrogen-bond donors (Lipinski definition) is 2. The molecule has 0 aromatic rings. The fourth-order valence-electron chi connectivity index (χ4n) is 7.73. The zero-order valence-electron chi connectivity index (χ0n) is 48.0. The molecular weight excluding hydrogens is 936 g/mol. The molecule has 0 spiro atoms. The summed E-state index contributed by atoms with van der Waals surface area (Å²) in [5, 5.41) is 13.8. The SMILES string of the molecule is CC/C=C\C/C=C\C/C=C\C/C=C\C/C=C\C/C=C\C/C=C\C/C=C\CCCCCCCCCCCCCCC(=O)NC(COP(=O)([O-])OCC[N+](C)(C)C)C(O)/C=C/CC/C=C/CC/C=C/CCCCCCC. The van der Waals surface area contributed by atoms with E-state index in [1.807, 2.05) is 27.2 Å². The van der Waals surface area contributed by atoms with Crippen LogP contribution in [0.3, 0.4) is 0 Å². The van der Waals surface area contributed by atoms with Gasteiger partial charge in [-0.25, -0.2) is 0 Å². The van der Waals surface area contributed by atoms with E-state index in [0.717, 1.165) is 103 Å². The molecule has 0 saturated carbocycles. The Labute approximate surface area is 456 Å². The van der Waals surface area contributed by atoms with Crippen LogP contribution in [0.15, 0.2) is 134 Å². The van der Waals surface area contributed by atoms with Gasteiger partial charge in [-0.05, 0) is 109 Å². The van der Waals surface area contributed by atoms with Crippen molar-refractivity contribution < 1.29 is 32.9 Å². The van der Waals surface area contributed by atoms with Crippen LogP contribution >= 0.6 is 7.82 Å². The number of hydrogen-bond acceptors (Lipinski definition) is 6. The molecule has 422 valence electrons. The summed E-state index contributed by atoms with van der Waals surface area (Å²) >= 11 is 0. The van der Waals surface area contributed by atoms with Gasteiger partial charge in [0.2, 0.25) is 5.91 Å². The zero-order chi connectivity index (χ0) is 54.2. The summed E-state index contributed by atoms with van der Waals surface area (Å²) < 4.78 is 23.3. The van der Waals surface area contributed by atoms with Crippen LogP contribution in [0.2, 0.25) is 0 Å². The van der Waals surface area contributed by atoms with Crippen LogP contribution in [0, 0.1) is 0 Å². The lowest BCUT2D eigenvalue weighted by Crippen LogP contribution is -2.45. The number of allylic oxidation sites excluding steroid dienone is 21. The number of aliphatic hydroxyl groups is 1. The average Bonchev–Trinajstić information content (AvgIpc) is 3.36. The first kappa shape index (κ1) is 70.6. The molecule has 74 heavy (non-hydrogen) atoms. The van der Waals surface area contributed by atoms with E-state index >= 15 is 0 Å². The van der Waals surface area contributed by atoms with Crippen molar-refractivity contribution in [3.05, 3.63) is 134 Å². The Balaban J connectivity index is 4.15. The van der Waals surface area contributed by atoms with Gasteiger partial charge >= 0.3 is 0 Å². The fourth-order valence-corrected chi connectivity index (χ4v) is 8.45. The first-order valence-electron chi connectivity index (χ1n) is 29.5. The van der Waals surface area contributed by atoms with Crippen LogP contribution < -0.4 is 10.2 Å². The lowest BCUT2D eigenvalue weighted by molar-refractivity contribution is -0.870. The lowest BCUT2D eigenvalue weighted by Gasteiger charge is -2.29. The van der Waals surface area contributed by atoms with Crippen molar-refractivity contribution in [2.45, 2.75) is 231 Å². The summed E-state index contributed by atoms with van der Waals surface area (Å²) in [5.74, 6) is -0.220. The minimum atomic E-state index is -4.62. The standard InChI is InChI=1S/C65H111N2O6P/c1-6-8-10-12-14-16-18-20-22-23-24-25-26-27-28-29-30-31-32-33-34-35-36-37-38-39-40-41-42-43-45-47-49-51-53-55-57-59-65(69)66-63(62-73-74(70,71)72-61-60-67(3,4)5)64(68)58-56-54-52-50-48-46-44-21-19-17-15-13-11-9-7-2/h8,10,14,16,19-22,24-25,27-28,30-31,33-34,36-37,48,50,56,58,63-64,68H,6-7,9,11-13,15,17-18,23,26,29,32,35,38-47,49,51-55,57,59-62H2,1-5H3,(H-,66,69,70,71)/b10-8-,16-14-,21-19+,22-20-,25-24-,28-27-,31-30-,34-33-,37-36-,50-48+,58-56+. The van der Waals surface area contributed by atoms with Gasteiger partial charge < -0.3 is 28.8 Å². The van der Waals surface area contributed by atoms with Gasteiger partial charge in [-0.2, -0.15) is 0 Å². The number of rotatable bonds is 52. The number of phosphoric acid groups is 1. The second kappa shape index (κ2) is 54.4. The molecule has 3 atom stereocenters. The molecule has 8 nitrogen and oxygen atoms in total. The van der Waals surface area contributed by atoms with Gasteiger partial charge in [0.05, 0.1) is 39.9 Å². The number of amides is 1. The Morgan fingerprint density at radius 1 is 0.486 bits per heavy atom. The lowest BCUT2D eigenvalue weighted by atomic mass is 10.0. The number of nitrogens with zero attached hydrogens (tertiary/aromatic N) is 1. The van der Waals surface area contributed by atoms with E-state index in [0.29, 0.717) is 17.4 Å². The third-order valence-electron chi connectivity index (χ3n) is 12.3.